The highest BCUT2D eigenvalue weighted by atomic mass is 35.5. The molecule has 7 heteroatoms. The summed E-state index contributed by atoms with van der Waals surface area (Å²) in [7, 11) is -3.88. The smallest absolute Gasteiger partial charge is 0.266 e. The van der Waals surface area contributed by atoms with Crippen molar-refractivity contribution in [1.29, 1.82) is 0 Å². The van der Waals surface area contributed by atoms with E-state index in [4.69, 9.17) is 16.2 Å². The number of aromatic nitrogens is 1. The summed E-state index contributed by atoms with van der Waals surface area (Å²) in [6.45, 7) is 0.682. The average molecular weight is 251 g/mol. The molecule has 15 heavy (non-hydrogen) atoms. The van der Waals surface area contributed by atoms with Crippen LogP contribution in [0.1, 0.15) is 5.56 Å². The van der Waals surface area contributed by atoms with E-state index in [2.05, 4.69) is 10.3 Å². The fraction of sp³-hybridized carbons (Fsp3) is 0.375. The van der Waals surface area contributed by atoms with Gasteiger partial charge in [0.15, 0.2) is 0 Å². The van der Waals surface area contributed by atoms with Gasteiger partial charge in [-0.2, -0.15) is 8.42 Å². The number of nitrogens with one attached hydrogen (secondary N) is 1. The Bertz CT molecular complexity index is 404. The Labute approximate surface area is 93.2 Å². The van der Waals surface area contributed by atoms with Crippen molar-refractivity contribution in [1.82, 2.24) is 10.3 Å². The van der Waals surface area contributed by atoms with Gasteiger partial charge in [-0.05, 0) is 11.6 Å². The van der Waals surface area contributed by atoms with Crippen molar-refractivity contribution < 1.29 is 13.0 Å². The molecule has 0 saturated heterocycles. The van der Waals surface area contributed by atoms with Crippen LogP contribution in [-0.4, -0.2) is 30.3 Å². The predicted octanol–water partition coefficient (Wildman–Crippen LogP) is 0.712. The second-order valence-corrected chi connectivity index (χ2v) is 4.91. The number of halogens is 1. The average Bonchev–Trinajstić information content (AvgIpc) is 2.14. The molecule has 1 rings (SSSR count). The number of nitrogens with zero attached hydrogens (tertiary/aromatic N) is 1. The van der Waals surface area contributed by atoms with Gasteiger partial charge in [0, 0.05) is 19.3 Å². The molecule has 0 bridgehead atoms. The minimum atomic E-state index is -3.88. The van der Waals surface area contributed by atoms with E-state index in [-0.39, 0.29) is 12.3 Å². The fourth-order valence-electron chi connectivity index (χ4n) is 0.945. The van der Waals surface area contributed by atoms with Crippen molar-refractivity contribution >= 4 is 21.7 Å². The van der Waals surface area contributed by atoms with Crippen molar-refractivity contribution in [2.45, 2.75) is 6.54 Å². The molecule has 0 spiro atoms. The number of pyridine rings is 1. The summed E-state index contributed by atoms with van der Waals surface area (Å²) in [5.74, 6) is -0.298. The maximum atomic E-state index is 10.4. The second-order valence-electron chi connectivity index (χ2n) is 2.95. The van der Waals surface area contributed by atoms with Crippen LogP contribution in [0.25, 0.3) is 0 Å². The number of rotatable bonds is 5. The zero-order valence-electron chi connectivity index (χ0n) is 7.85. The van der Waals surface area contributed by atoms with Crippen LogP contribution in [-0.2, 0) is 16.7 Å². The molecule has 0 radical (unpaired) electrons. The summed E-state index contributed by atoms with van der Waals surface area (Å²) in [6.07, 6.45) is 1.60. The molecule has 5 nitrogen and oxygen atoms in total. The summed E-state index contributed by atoms with van der Waals surface area (Å²) in [6, 6.07) is 3.44. The quantitative estimate of drug-likeness (QED) is 0.457. The van der Waals surface area contributed by atoms with Crippen molar-refractivity contribution in [2.24, 2.45) is 0 Å². The Balaban J connectivity index is 2.29. The van der Waals surface area contributed by atoms with Crippen molar-refractivity contribution in [2.75, 3.05) is 12.3 Å². The monoisotopic (exact) mass is 250 g/mol. The maximum absolute atomic E-state index is 10.4. The minimum Gasteiger partial charge on any atom is -0.312 e. The molecule has 0 aliphatic carbocycles. The fourth-order valence-corrected chi connectivity index (χ4v) is 1.46. The highest BCUT2D eigenvalue weighted by molar-refractivity contribution is 7.85. The van der Waals surface area contributed by atoms with Gasteiger partial charge in [-0.15, -0.1) is 0 Å². The van der Waals surface area contributed by atoms with Gasteiger partial charge in [-0.1, -0.05) is 17.7 Å². The molecule has 0 saturated carbocycles. The lowest BCUT2D eigenvalue weighted by atomic mass is 10.3. The van der Waals surface area contributed by atoms with Gasteiger partial charge in [0.1, 0.15) is 5.15 Å². The lowest BCUT2D eigenvalue weighted by Crippen LogP contribution is -2.22. The van der Waals surface area contributed by atoms with Gasteiger partial charge < -0.3 is 5.32 Å². The molecule has 0 aromatic carbocycles. The normalized spacial score (nSPS) is 11.6. The standard InChI is InChI=1S/C8H11ClN2O3S/c9-8-2-1-7(6-11-8)5-10-3-4-15(12,13)14/h1-2,6,10H,3-5H2,(H,12,13,14). The Hall–Kier alpha value is -0.690. The first-order valence-corrected chi connectivity index (χ1v) is 6.22. The Morgan fingerprint density at radius 3 is 2.73 bits per heavy atom. The highest BCUT2D eigenvalue weighted by Gasteiger charge is 2.02. The first-order chi connectivity index (χ1) is 6.97. The first kappa shape index (κ1) is 12.4. The van der Waals surface area contributed by atoms with E-state index in [0.29, 0.717) is 11.7 Å². The van der Waals surface area contributed by atoms with Crippen LogP contribution in [0.15, 0.2) is 18.3 Å². The van der Waals surface area contributed by atoms with E-state index in [1.165, 1.54) is 0 Å². The molecule has 0 atom stereocenters. The SMILES string of the molecule is O=S(=O)(O)CCNCc1ccc(Cl)nc1. The largest absolute Gasteiger partial charge is 0.312 e. The molecule has 1 aromatic rings. The lowest BCUT2D eigenvalue weighted by molar-refractivity contribution is 0.480. The number of hydrogen-bond donors (Lipinski definition) is 2. The number of hydrogen-bond acceptors (Lipinski definition) is 4. The van der Waals surface area contributed by atoms with Gasteiger partial charge in [-0.3, -0.25) is 4.55 Å². The summed E-state index contributed by atoms with van der Waals surface area (Å²) in [4.78, 5) is 3.86. The van der Waals surface area contributed by atoms with E-state index in [0.717, 1.165) is 5.56 Å². The zero-order chi connectivity index (χ0) is 11.3. The maximum Gasteiger partial charge on any atom is 0.266 e. The second kappa shape index (κ2) is 5.41. The van der Waals surface area contributed by atoms with Crippen LogP contribution in [0, 0.1) is 0 Å². The molecular formula is C8H11ClN2O3S. The van der Waals surface area contributed by atoms with Crippen LogP contribution < -0.4 is 5.32 Å². The van der Waals surface area contributed by atoms with Crippen molar-refractivity contribution in [3.05, 3.63) is 29.0 Å². The Morgan fingerprint density at radius 1 is 1.47 bits per heavy atom. The molecule has 0 fully saturated rings. The van der Waals surface area contributed by atoms with E-state index in [1.54, 1.807) is 18.3 Å². The van der Waals surface area contributed by atoms with Gasteiger partial charge in [-0.25, -0.2) is 4.98 Å². The van der Waals surface area contributed by atoms with E-state index < -0.39 is 10.1 Å². The van der Waals surface area contributed by atoms with Crippen LogP contribution in [0.3, 0.4) is 0 Å². The molecular weight excluding hydrogens is 240 g/mol. The third kappa shape index (κ3) is 5.68. The van der Waals surface area contributed by atoms with E-state index in [1.807, 2.05) is 0 Å². The molecule has 0 aliphatic heterocycles. The highest BCUT2D eigenvalue weighted by Crippen LogP contribution is 2.04. The topological polar surface area (TPSA) is 79.3 Å². The van der Waals surface area contributed by atoms with Gasteiger partial charge in [0.2, 0.25) is 0 Å². The third-order valence-corrected chi connectivity index (χ3v) is 2.60. The molecule has 0 amide bonds. The Kier molecular flexibility index (Phi) is 4.46. The van der Waals surface area contributed by atoms with Crippen LogP contribution >= 0.6 is 11.6 Å². The minimum absolute atomic E-state index is 0.196. The predicted molar refractivity (Wildman–Crippen MR) is 57.4 cm³/mol. The molecule has 0 unspecified atom stereocenters. The summed E-state index contributed by atoms with van der Waals surface area (Å²) in [5.41, 5.74) is 0.898. The molecule has 84 valence electrons. The summed E-state index contributed by atoms with van der Waals surface area (Å²) < 4.78 is 29.2. The third-order valence-electron chi connectivity index (χ3n) is 1.65. The van der Waals surface area contributed by atoms with Gasteiger partial charge >= 0.3 is 0 Å². The first-order valence-electron chi connectivity index (χ1n) is 4.24. The molecule has 1 heterocycles. The van der Waals surface area contributed by atoms with E-state index in [9.17, 15) is 8.42 Å². The Morgan fingerprint density at radius 2 is 2.20 bits per heavy atom. The van der Waals surface area contributed by atoms with Gasteiger partial charge in [0.05, 0.1) is 5.75 Å². The molecule has 0 aliphatic rings. The zero-order valence-corrected chi connectivity index (χ0v) is 9.42. The van der Waals surface area contributed by atoms with Crippen LogP contribution in [0.5, 0.6) is 0 Å². The lowest BCUT2D eigenvalue weighted by Gasteiger charge is -2.02. The van der Waals surface area contributed by atoms with Crippen LogP contribution in [0.4, 0.5) is 0 Å². The van der Waals surface area contributed by atoms with E-state index >= 15 is 0 Å². The molecule has 2 N–H and O–H groups in total. The molecule has 1 aromatic heterocycles. The van der Waals surface area contributed by atoms with Crippen molar-refractivity contribution in [3.63, 3.8) is 0 Å². The van der Waals surface area contributed by atoms with Crippen molar-refractivity contribution in [3.8, 4) is 0 Å². The van der Waals surface area contributed by atoms with Gasteiger partial charge in [0.25, 0.3) is 10.1 Å². The summed E-state index contributed by atoms with van der Waals surface area (Å²) in [5, 5.41) is 3.27. The summed E-state index contributed by atoms with van der Waals surface area (Å²) >= 11 is 5.59. The van der Waals surface area contributed by atoms with Crippen LogP contribution in [0.2, 0.25) is 5.15 Å².